The van der Waals surface area contributed by atoms with Crippen molar-refractivity contribution in [2.45, 2.75) is 76.8 Å². The molecule has 2 fully saturated rings. The van der Waals surface area contributed by atoms with Gasteiger partial charge in [-0.15, -0.1) is 0 Å². The summed E-state index contributed by atoms with van der Waals surface area (Å²) in [5.74, 6) is 2.57. The zero-order chi connectivity index (χ0) is 23.9. The van der Waals surface area contributed by atoms with Gasteiger partial charge in [0.15, 0.2) is 0 Å². The molecule has 0 radical (unpaired) electrons. The number of aromatic nitrogens is 3. The molecule has 1 aromatic heterocycles. The molecular weight excluding hydrogens is 450 g/mol. The molecule has 0 spiro atoms. The molecule has 186 valence electrons. The largest absolute Gasteiger partial charge is 0.385 e. The molecule has 0 bridgehead atoms. The number of halogens is 1. The average Bonchev–Trinajstić information content (AvgIpc) is 3.12. The van der Waals surface area contributed by atoms with Crippen LogP contribution in [-0.2, 0) is 6.42 Å². The minimum atomic E-state index is 0.408. The number of hydrogen-bond acceptors (Lipinski definition) is 8. The summed E-state index contributed by atoms with van der Waals surface area (Å²) >= 11 is 5.62. The van der Waals surface area contributed by atoms with Crippen molar-refractivity contribution in [2.24, 2.45) is 0 Å². The predicted molar refractivity (Wildman–Crippen MR) is 139 cm³/mol. The molecule has 8 nitrogen and oxygen atoms in total. The van der Waals surface area contributed by atoms with E-state index in [1.54, 1.807) is 0 Å². The van der Waals surface area contributed by atoms with Crippen LogP contribution in [0.15, 0.2) is 18.2 Å². The van der Waals surface area contributed by atoms with Gasteiger partial charge in [-0.3, -0.25) is 0 Å². The fourth-order valence-electron chi connectivity index (χ4n) is 4.93. The Bertz CT molecular complexity index is 927. The van der Waals surface area contributed by atoms with Crippen LogP contribution in [0.5, 0.6) is 5.75 Å². The van der Waals surface area contributed by atoms with Crippen molar-refractivity contribution in [3.8, 4) is 5.75 Å². The van der Waals surface area contributed by atoms with Crippen molar-refractivity contribution in [2.75, 3.05) is 42.7 Å². The van der Waals surface area contributed by atoms with Crippen LogP contribution < -0.4 is 19.8 Å². The lowest BCUT2D eigenvalue weighted by molar-refractivity contribution is 0.252. The zero-order valence-corrected chi connectivity index (χ0v) is 21.4. The van der Waals surface area contributed by atoms with Gasteiger partial charge in [0.1, 0.15) is 17.6 Å². The summed E-state index contributed by atoms with van der Waals surface area (Å²) in [6.45, 7) is 4.26. The second kappa shape index (κ2) is 11.9. The highest BCUT2D eigenvalue weighted by Gasteiger charge is 2.24. The fourth-order valence-corrected chi connectivity index (χ4v) is 5.08. The van der Waals surface area contributed by atoms with Gasteiger partial charge in [-0.2, -0.15) is 15.0 Å². The number of likely N-dealkylation sites (tertiary alicyclic amines) is 1. The predicted octanol–water partition coefficient (Wildman–Crippen LogP) is 5.38. The van der Waals surface area contributed by atoms with Crippen molar-refractivity contribution in [1.82, 2.24) is 19.9 Å². The molecule has 1 aliphatic heterocycles. The van der Waals surface area contributed by atoms with Crippen molar-refractivity contribution < 1.29 is 4.29 Å². The molecule has 4 rings (SSSR count). The second-order valence-corrected chi connectivity index (χ2v) is 9.79. The van der Waals surface area contributed by atoms with E-state index in [-0.39, 0.29) is 0 Å². The van der Waals surface area contributed by atoms with Crippen LogP contribution in [0.4, 0.5) is 23.5 Å². The van der Waals surface area contributed by atoms with E-state index in [0.29, 0.717) is 35.7 Å². The summed E-state index contributed by atoms with van der Waals surface area (Å²) in [7, 11) is 4.29. The molecule has 2 N–H and O–H groups in total. The Morgan fingerprint density at radius 2 is 1.74 bits per heavy atom. The summed E-state index contributed by atoms with van der Waals surface area (Å²) in [5, 5.41) is 7.01. The molecule has 1 saturated heterocycles. The SMILES string of the molecule is CCc1cc(Nc2nc(NC3CCCCCC3)nc(N(C)C3CCN(C)CC3)n2)ccc1OCl. The molecule has 1 aliphatic carbocycles. The second-order valence-electron chi connectivity index (χ2n) is 9.64. The minimum Gasteiger partial charge on any atom is -0.385 e. The van der Waals surface area contributed by atoms with E-state index in [0.717, 1.165) is 56.4 Å². The number of benzene rings is 1. The molecule has 1 aromatic carbocycles. The van der Waals surface area contributed by atoms with Gasteiger partial charge in [0, 0.05) is 24.8 Å². The van der Waals surface area contributed by atoms with Crippen molar-refractivity contribution in [1.29, 1.82) is 0 Å². The van der Waals surface area contributed by atoms with Crippen LogP contribution in [0.3, 0.4) is 0 Å². The Morgan fingerprint density at radius 1 is 1.03 bits per heavy atom. The first-order valence-corrected chi connectivity index (χ1v) is 13.0. The zero-order valence-electron chi connectivity index (χ0n) is 20.7. The molecule has 0 unspecified atom stereocenters. The van der Waals surface area contributed by atoms with Crippen LogP contribution in [0.1, 0.15) is 63.9 Å². The van der Waals surface area contributed by atoms with E-state index >= 15 is 0 Å². The lowest BCUT2D eigenvalue weighted by atomic mass is 10.0. The number of aryl methyl sites for hydroxylation is 1. The first-order valence-electron chi connectivity index (χ1n) is 12.7. The molecule has 2 aliphatic rings. The highest BCUT2D eigenvalue weighted by molar-refractivity contribution is 6.09. The summed E-state index contributed by atoms with van der Waals surface area (Å²) in [6.07, 6.45) is 10.5. The third-order valence-corrected chi connectivity index (χ3v) is 7.31. The maximum absolute atomic E-state index is 5.62. The smallest absolute Gasteiger partial charge is 0.233 e. The molecule has 1 saturated carbocycles. The Hall–Kier alpha value is -2.32. The van der Waals surface area contributed by atoms with Gasteiger partial charge in [-0.25, -0.2) is 0 Å². The third-order valence-electron chi connectivity index (χ3n) is 7.14. The summed E-state index contributed by atoms with van der Waals surface area (Å²) in [4.78, 5) is 19.0. The number of piperidine rings is 1. The highest BCUT2D eigenvalue weighted by Crippen LogP contribution is 2.28. The molecular formula is C25H38ClN7O. The molecule has 2 heterocycles. The molecule has 34 heavy (non-hydrogen) atoms. The van der Waals surface area contributed by atoms with Gasteiger partial charge in [0.25, 0.3) is 0 Å². The first-order chi connectivity index (χ1) is 16.6. The lowest BCUT2D eigenvalue weighted by Gasteiger charge is -2.35. The molecule has 0 atom stereocenters. The number of nitrogens with zero attached hydrogens (tertiary/aromatic N) is 5. The van der Waals surface area contributed by atoms with E-state index < -0.39 is 0 Å². The third kappa shape index (κ3) is 6.42. The normalized spacial score (nSPS) is 18.4. The van der Waals surface area contributed by atoms with E-state index in [4.69, 9.17) is 31.1 Å². The number of nitrogens with one attached hydrogen (secondary N) is 2. The van der Waals surface area contributed by atoms with Gasteiger partial charge in [0.2, 0.25) is 17.8 Å². The quantitative estimate of drug-likeness (QED) is 0.481. The molecule has 9 heteroatoms. The van der Waals surface area contributed by atoms with Crippen molar-refractivity contribution in [3.63, 3.8) is 0 Å². The molecule has 2 aromatic rings. The first kappa shape index (κ1) is 24.8. The van der Waals surface area contributed by atoms with Crippen LogP contribution >= 0.6 is 11.9 Å². The lowest BCUT2D eigenvalue weighted by Crippen LogP contribution is -2.42. The van der Waals surface area contributed by atoms with Gasteiger partial charge in [0.05, 0.1) is 0 Å². The van der Waals surface area contributed by atoms with Crippen molar-refractivity contribution in [3.05, 3.63) is 23.8 Å². The Balaban J connectivity index is 1.59. The van der Waals surface area contributed by atoms with E-state index in [1.165, 1.54) is 25.7 Å². The van der Waals surface area contributed by atoms with E-state index in [1.807, 2.05) is 18.2 Å². The topological polar surface area (TPSA) is 78.4 Å². The van der Waals surface area contributed by atoms with Crippen molar-refractivity contribution >= 4 is 35.4 Å². The van der Waals surface area contributed by atoms with Crippen LogP contribution in [0, 0.1) is 0 Å². The summed E-state index contributed by atoms with van der Waals surface area (Å²) in [6, 6.07) is 6.65. The van der Waals surface area contributed by atoms with Crippen LogP contribution in [0.2, 0.25) is 0 Å². The Kier molecular flexibility index (Phi) is 8.67. The Morgan fingerprint density at radius 3 is 2.41 bits per heavy atom. The Labute approximate surface area is 208 Å². The minimum absolute atomic E-state index is 0.408. The van der Waals surface area contributed by atoms with Crippen LogP contribution in [-0.4, -0.2) is 59.1 Å². The van der Waals surface area contributed by atoms with E-state index in [2.05, 4.69) is 41.5 Å². The monoisotopic (exact) mass is 487 g/mol. The number of hydrogen-bond donors (Lipinski definition) is 2. The van der Waals surface area contributed by atoms with E-state index in [9.17, 15) is 0 Å². The summed E-state index contributed by atoms with van der Waals surface area (Å²) in [5.41, 5.74) is 1.92. The molecule has 0 amide bonds. The van der Waals surface area contributed by atoms with Gasteiger partial charge in [-0.05, 0) is 76.0 Å². The maximum Gasteiger partial charge on any atom is 0.233 e. The number of rotatable bonds is 8. The van der Waals surface area contributed by atoms with Crippen LogP contribution in [0.25, 0.3) is 0 Å². The number of anilines is 4. The summed E-state index contributed by atoms with van der Waals surface area (Å²) < 4.78 is 4.96. The highest BCUT2D eigenvalue weighted by atomic mass is 35.5. The maximum atomic E-state index is 5.62. The van der Waals surface area contributed by atoms with Gasteiger partial charge >= 0.3 is 0 Å². The van der Waals surface area contributed by atoms with Gasteiger partial charge < -0.3 is 24.7 Å². The van der Waals surface area contributed by atoms with Gasteiger partial charge in [-0.1, -0.05) is 32.6 Å². The standard InChI is InChI=1S/C25H38ClN7O/c1-4-18-17-20(11-12-22(18)34-26)28-24-29-23(27-19-9-7-5-6-8-10-19)30-25(31-24)33(3)21-13-15-32(2)16-14-21/h11-12,17,19,21H,4-10,13-16H2,1-3H3,(H2,27,28,29,30,31). The fraction of sp³-hybridized carbons (Fsp3) is 0.640. The average molecular weight is 488 g/mol.